The Morgan fingerprint density at radius 1 is 1.33 bits per heavy atom. The Hall–Kier alpha value is -3.62. The monoisotopic (exact) mass is 411 g/mol. The summed E-state index contributed by atoms with van der Waals surface area (Å²) in [7, 11) is 0. The molecule has 0 saturated heterocycles. The predicted molar refractivity (Wildman–Crippen MR) is 106 cm³/mol. The number of furan rings is 1. The van der Waals surface area contributed by atoms with E-state index in [1.54, 1.807) is 13.8 Å². The molecule has 0 unspecified atom stereocenters. The van der Waals surface area contributed by atoms with Crippen molar-refractivity contribution in [2.45, 2.75) is 32.9 Å². The minimum absolute atomic E-state index is 0.0117. The van der Waals surface area contributed by atoms with Crippen molar-refractivity contribution in [2.75, 3.05) is 13.2 Å². The van der Waals surface area contributed by atoms with Gasteiger partial charge in [-0.25, -0.2) is 9.78 Å². The lowest BCUT2D eigenvalue weighted by Crippen LogP contribution is -2.36. The maximum Gasteiger partial charge on any atom is 0.342 e. The molecule has 0 spiro atoms. The zero-order valence-electron chi connectivity index (χ0n) is 16.6. The lowest BCUT2D eigenvalue weighted by molar-refractivity contribution is -0.122. The minimum atomic E-state index is -0.659. The van der Waals surface area contributed by atoms with Crippen LogP contribution in [0.3, 0.4) is 0 Å². The van der Waals surface area contributed by atoms with Gasteiger partial charge in [0.05, 0.1) is 19.3 Å². The molecule has 4 rings (SSSR count). The number of ether oxygens (including phenoxy) is 2. The van der Waals surface area contributed by atoms with Crippen LogP contribution in [0, 0.1) is 6.92 Å². The Labute approximate surface area is 171 Å². The second kappa shape index (κ2) is 8.02. The van der Waals surface area contributed by atoms with Crippen LogP contribution in [0.2, 0.25) is 0 Å². The number of hydrogen-bond donors (Lipinski definition) is 1. The summed E-state index contributed by atoms with van der Waals surface area (Å²) in [5.41, 5.74) is 0.434. The van der Waals surface area contributed by atoms with Crippen LogP contribution in [0.15, 0.2) is 39.8 Å². The number of nitrogens with one attached hydrogen (secondary N) is 1. The Morgan fingerprint density at radius 3 is 2.93 bits per heavy atom. The first-order valence-corrected chi connectivity index (χ1v) is 9.66. The highest BCUT2D eigenvalue weighted by molar-refractivity contribution is 6.03. The molecule has 0 aliphatic carbocycles. The molecule has 30 heavy (non-hydrogen) atoms. The molecular weight excluding hydrogens is 390 g/mol. The maximum absolute atomic E-state index is 13.0. The van der Waals surface area contributed by atoms with Crippen LogP contribution >= 0.6 is 0 Å². The molecule has 3 aromatic rings. The van der Waals surface area contributed by atoms with Gasteiger partial charge in [0.15, 0.2) is 0 Å². The van der Waals surface area contributed by atoms with Gasteiger partial charge in [0.2, 0.25) is 11.6 Å². The molecule has 3 heterocycles. The zero-order valence-corrected chi connectivity index (χ0v) is 16.6. The quantitative estimate of drug-likeness (QED) is 0.640. The SMILES string of the molecule is CCOC(=O)c1c(C)oc2ncn(CC(=O)N[C@H]3CCOc4ccccc43)c(=O)c12. The third-order valence-electron chi connectivity index (χ3n) is 4.94. The number of nitrogens with zero attached hydrogens (tertiary/aromatic N) is 2. The number of rotatable bonds is 5. The Bertz CT molecular complexity index is 1180. The minimum Gasteiger partial charge on any atom is -0.493 e. The number of para-hydroxylation sites is 1. The van der Waals surface area contributed by atoms with E-state index in [1.165, 1.54) is 6.33 Å². The fourth-order valence-electron chi connectivity index (χ4n) is 3.59. The summed E-state index contributed by atoms with van der Waals surface area (Å²) in [5, 5.41) is 2.95. The Morgan fingerprint density at radius 2 is 2.13 bits per heavy atom. The molecule has 2 aromatic heterocycles. The molecule has 1 aliphatic heterocycles. The van der Waals surface area contributed by atoms with Gasteiger partial charge < -0.3 is 19.2 Å². The highest BCUT2D eigenvalue weighted by Gasteiger charge is 2.25. The van der Waals surface area contributed by atoms with E-state index in [-0.39, 0.29) is 47.5 Å². The van der Waals surface area contributed by atoms with Crippen molar-refractivity contribution in [1.29, 1.82) is 0 Å². The van der Waals surface area contributed by atoms with Crippen LogP contribution < -0.4 is 15.6 Å². The van der Waals surface area contributed by atoms with Gasteiger partial charge in [-0.1, -0.05) is 18.2 Å². The van der Waals surface area contributed by atoms with Gasteiger partial charge in [-0.3, -0.25) is 14.2 Å². The van der Waals surface area contributed by atoms with E-state index in [0.29, 0.717) is 13.0 Å². The van der Waals surface area contributed by atoms with E-state index < -0.39 is 11.5 Å². The first kappa shape index (κ1) is 19.7. The summed E-state index contributed by atoms with van der Waals surface area (Å²) < 4.78 is 17.2. The molecule has 0 fully saturated rings. The average molecular weight is 411 g/mol. The van der Waals surface area contributed by atoms with Gasteiger partial charge in [-0.05, 0) is 19.9 Å². The average Bonchev–Trinajstić information content (AvgIpc) is 3.07. The largest absolute Gasteiger partial charge is 0.493 e. The molecular formula is C21H21N3O6. The molecule has 1 aromatic carbocycles. The van der Waals surface area contributed by atoms with E-state index in [2.05, 4.69) is 10.3 Å². The Kier molecular flexibility index (Phi) is 5.26. The normalized spacial score (nSPS) is 15.3. The van der Waals surface area contributed by atoms with Gasteiger partial charge in [-0.15, -0.1) is 0 Å². The summed E-state index contributed by atoms with van der Waals surface area (Å²) in [6.07, 6.45) is 1.86. The summed E-state index contributed by atoms with van der Waals surface area (Å²) in [6.45, 7) is 3.65. The van der Waals surface area contributed by atoms with E-state index in [4.69, 9.17) is 13.9 Å². The first-order chi connectivity index (χ1) is 14.5. The summed E-state index contributed by atoms with van der Waals surface area (Å²) in [6, 6.07) is 7.30. The highest BCUT2D eigenvalue weighted by Crippen LogP contribution is 2.31. The van der Waals surface area contributed by atoms with E-state index in [0.717, 1.165) is 15.9 Å². The maximum atomic E-state index is 13.0. The molecule has 156 valence electrons. The molecule has 1 atom stereocenters. The third kappa shape index (κ3) is 3.54. The van der Waals surface area contributed by atoms with E-state index in [1.807, 2.05) is 24.3 Å². The topological polar surface area (TPSA) is 113 Å². The van der Waals surface area contributed by atoms with Crippen molar-refractivity contribution in [2.24, 2.45) is 0 Å². The first-order valence-electron chi connectivity index (χ1n) is 9.66. The fourth-order valence-corrected chi connectivity index (χ4v) is 3.59. The lowest BCUT2D eigenvalue weighted by Gasteiger charge is -2.26. The van der Waals surface area contributed by atoms with Crippen LogP contribution in [-0.4, -0.2) is 34.6 Å². The van der Waals surface area contributed by atoms with Crippen molar-refractivity contribution < 1.29 is 23.5 Å². The van der Waals surface area contributed by atoms with Crippen LogP contribution in [0.5, 0.6) is 5.75 Å². The number of hydrogen-bond acceptors (Lipinski definition) is 7. The molecule has 0 saturated carbocycles. The van der Waals surface area contributed by atoms with Crippen molar-refractivity contribution in [3.05, 3.63) is 57.8 Å². The van der Waals surface area contributed by atoms with Crippen molar-refractivity contribution in [3.8, 4) is 5.75 Å². The van der Waals surface area contributed by atoms with Crippen LogP contribution in [0.4, 0.5) is 0 Å². The molecule has 1 amide bonds. The molecule has 0 radical (unpaired) electrons. The summed E-state index contributed by atoms with van der Waals surface area (Å²) >= 11 is 0. The van der Waals surface area contributed by atoms with Gasteiger partial charge in [0.25, 0.3) is 5.56 Å². The number of aryl methyl sites for hydroxylation is 1. The molecule has 1 aliphatic rings. The number of esters is 1. The standard InChI is InChI=1S/C21H21N3O6/c1-3-28-21(27)17-12(2)30-19-18(17)20(26)24(11-22-19)10-16(25)23-14-8-9-29-15-7-5-4-6-13(14)15/h4-7,11,14H,3,8-10H2,1-2H3,(H,23,25)/t14-/m0/s1. The lowest BCUT2D eigenvalue weighted by atomic mass is 10.0. The molecule has 0 bridgehead atoms. The smallest absolute Gasteiger partial charge is 0.342 e. The zero-order chi connectivity index (χ0) is 21.3. The van der Waals surface area contributed by atoms with Crippen molar-refractivity contribution in [3.63, 3.8) is 0 Å². The van der Waals surface area contributed by atoms with Gasteiger partial charge in [0, 0.05) is 12.0 Å². The van der Waals surface area contributed by atoms with Gasteiger partial charge in [0.1, 0.15) is 35.3 Å². The molecule has 9 nitrogen and oxygen atoms in total. The number of aromatic nitrogens is 2. The van der Waals surface area contributed by atoms with E-state index >= 15 is 0 Å². The van der Waals surface area contributed by atoms with Crippen molar-refractivity contribution in [1.82, 2.24) is 14.9 Å². The number of carbonyl (C=O) groups excluding carboxylic acids is 2. The highest BCUT2D eigenvalue weighted by atomic mass is 16.5. The molecule has 9 heteroatoms. The number of amides is 1. The number of benzene rings is 1. The van der Waals surface area contributed by atoms with Gasteiger partial charge in [-0.2, -0.15) is 0 Å². The number of fused-ring (bicyclic) bond motifs is 2. The third-order valence-corrected chi connectivity index (χ3v) is 4.94. The Balaban J connectivity index is 1.59. The molecule has 1 N–H and O–H groups in total. The van der Waals surface area contributed by atoms with Gasteiger partial charge >= 0.3 is 5.97 Å². The second-order valence-corrected chi connectivity index (χ2v) is 6.91. The number of carbonyl (C=O) groups is 2. The second-order valence-electron chi connectivity index (χ2n) is 6.91. The fraction of sp³-hybridized carbons (Fsp3) is 0.333. The van der Waals surface area contributed by atoms with E-state index in [9.17, 15) is 14.4 Å². The predicted octanol–water partition coefficient (Wildman–Crippen LogP) is 2.11. The summed E-state index contributed by atoms with van der Waals surface area (Å²) in [5.74, 6) is -0.0252. The van der Waals surface area contributed by atoms with Crippen LogP contribution in [0.1, 0.15) is 41.1 Å². The van der Waals surface area contributed by atoms with Crippen LogP contribution in [0.25, 0.3) is 11.1 Å². The van der Waals surface area contributed by atoms with Crippen molar-refractivity contribution >= 4 is 23.0 Å². The summed E-state index contributed by atoms with van der Waals surface area (Å²) in [4.78, 5) is 42.0. The van der Waals surface area contributed by atoms with Crippen LogP contribution in [-0.2, 0) is 16.1 Å².